The first kappa shape index (κ1) is 17.4. The molecule has 1 heterocycles. The summed E-state index contributed by atoms with van der Waals surface area (Å²) in [6.45, 7) is 1.21. The van der Waals surface area contributed by atoms with Crippen LogP contribution in [0.25, 0.3) is 0 Å². The molecule has 0 saturated heterocycles. The van der Waals surface area contributed by atoms with Crippen LogP contribution in [0.1, 0.15) is 23.2 Å². The van der Waals surface area contributed by atoms with E-state index in [1.165, 1.54) is 6.20 Å². The number of aliphatic hydroxyl groups excluding tert-OH is 1. The van der Waals surface area contributed by atoms with E-state index in [0.29, 0.717) is 16.8 Å². The molecule has 1 aliphatic carbocycles. The highest BCUT2D eigenvalue weighted by molar-refractivity contribution is 6.67. The van der Waals surface area contributed by atoms with Gasteiger partial charge in [-0.3, -0.25) is 29.6 Å². The second-order valence-electron chi connectivity index (χ2n) is 5.12. The lowest BCUT2D eigenvalue weighted by Crippen LogP contribution is -2.40. The van der Waals surface area contributed by atoms with Crippen molar-refractivity contribution in [1.82, 2.24) is 15.8 Å². The van der Waals surface area contributed by atoms with E-state index in [1.807, 2.05) is 0 Å². The Kier molecular flexibility index (Phi) is 5.17. The molecule has 1 aromatic heterocycles. The number of hydrogen-bond acceptors (Lipinski definition) is 8. The summed E-state index contributed by atoms with van der Waals surface area (Å²) in [5.41, 5.74) is 5.77. The van der Waals surface area contributed by atoms with Gasteiger partial charge in [0, 0.05) is 35.9 Å². The van der Waals surface area contributed by atoms with Crippen LogP contribution in [0.2, 0.25) is 0 Å². The van der Waals surface area contributed by atoms with Crippen LogP contribution in [0.15, 0.2) is 17.8 Å². The summed E-state index contributed by atoms with van der Waals surface area (Å²) in [4.78, 5) is 49.5. The third-order valence-electron chi connectivity index (χ3n) is 3.49. The molecule has 0 saturated carbocycles. The zero-order valence-electron chi connectivity index (χ0n) is 12.8. The van der Waals surface area contributed by atoms with Gasteiger partial charge in [-0.05, 0) is 13.0 Å². The quantitative estimate of drug-likeness (QED) is 0.386. The van der Waals surface area contributed by atoms with E-state index in [0.717, 1.165) is 6.08 Å². The minimum Gasteiger partial charge on any atom is -0.506 e. The van der Waals surface area contributed by atoms with Crippen LogP contribution in [0.3, 0.4) is 0 Å². The number of hydrazine groups is 1. The van der Waals surface area contributed by atoms with Gasteiger partial charge in [-0.1, -0.05) is 0 Å². The number of aromatic hydroxyl groups is 1. The third kappa shape index (κ3) is 3.53. The van der Waals surface area contributed by atoms with Crippen molar-refractivity contribution < 1.29 is 29.4 Å². The topological polar surface area (TPSA) is 146 Å². The average Bonchev–Trinajstić information content (AvgIpc) is 2.56. The molecular weight excluding hydrogens is 318 g/mol. The van der Waals surface area contributed by atoms with Crippen LogP contribution >= 0.6 is 0 Å². The Balaban J connectivity index is 2.03. The summed E-state index contributed by atoms with van der Waals surface area (Å²) in [5.74, 6) is -3.94. The molecule has 2 rings (SSSR count). The van der Waals surface area contributed by atoms with Crippen LogP contribution in [0, 0.1) is 6.92 Å². The van der Waals surface area contributed by atoms with Gasteiger partial charge >= 0.3 is 0 Å². The summed E-state index contributed by atoms with van der Waals surface area (Å²) in [6, 6.07) is 0. The summed E-state index contributed by atoms with van der Waals surface area (Å²) in [6.07, 6.45) is 1.79. The van der Waals surface area contributed by atoms with Crippen molar-refractivity contribution in [3.63, 3.8) is 0 Å². The fourth-order valence-corrected chi connectivity index (χ4v) is 2.12. The second-order valence-corrected chi connectivity index (χ2v) is 5.12. The first-order chi connectivity index (χ1) is 11.3. The van der Waals surface area contributed by atoms with Gasteiger partial charge in [0.25, 0.3) is 11.7 Å². The molecule has 9 heteroatoms. The minimum absolute atomic E-state index is 0.0229. The highest BCUT2D eigenvalue weighted by Crippen LogP contribution is 2.23. The molecule has 1 amide bonds. The predicted octanol–water partition coefficient (Wildman–Crippen LogP) is -1.25. The van der Waals surface area contributed by atoms with E-state index in [-0.39, 0.29) is 24.5 Å². The monoisotopic (exact) mass is 333 g/mol. The number of rotatable bonds is 5. The van der Waals surface area contributed by atoms with E-state index < -0.39 is 29.7 Å². The van der Waals surface area contributed by atoms with Gasteiger partial charge in [-0.15, -0.1) is 0 Å². The smallest absolute Gasteiger partial charge is 0.268 e. The van der Waals surface area contributed by atoms with E-state index in [2.05, 4.69) is 15.8 Å². The lowest BCUT2D eigenvalue weighted by molar-refractivity contribution is -0.143. The first-order valence-corrected chi connectivity index (χ1v) is 6.97. The van der Waals surface area contributed by atoms with Crippen molar-refractivity contribution in [1.29, 1.82) is 0 Å². The van der Waals surface area contributed by atoms with Gasteiger partial charge in [0.1, 0.15) is 5.75 Å². The molecule has 0 aromatic carbocycles. The van der Waals surface area contributed by atoms with Gasteiger partial charge in [0.05, 0.1) is 12.3 Å². The molecule has 1 aromatic rings. The fourth-order valence-electron chi connectivity index (χ4n) is 2.12. The molecule has 0 unspecified atom stereocenters. The Hall–Kier alpha value is -2.91. The summed E-state index contributed by atoms with van der Waals surface area (Å²) >= 11 is 0. The maximum absolute atomic E-state index is 11.9. The Morgan fingerprint density at radius 2 is 2.04 bits per heavy atom. The maximum Gasteiger partial charge on any atom is 0.268 e. The molecular formula is C15H15N3O6. The fraction of sp³-hybridized carbons (Fsp3) is 0.267. The van der Waals surface area contributed by atoms with E-state index in [1.54, 1.807) is 6.92 Å². The van der Waals surface area contributed by atoms with Gasteiger partial charge in [-0.2, -0.15) is 0 Å². The lowest BCUT2D eigenvalue weighted by atomic mass is 9.96. The van der Waals surface area contributed by atoms with E-state index in [9.17, 15) is 29.4 Å². The minimum atomic E-state index is -1.13. The lowest BCUT2D eigenvalue weighted by Gasteiger charge is -2.14. The van der Waals surface area contributed by atoms with Crippen molar-refractivity contribution in [2.75, 3.05) is 0 Å². The van der Waals surface area contributed by atoms with Crippen molar-refractivity contribution >= 4 is 23.3 Å². The molecule has 4 N–H and O–H groups in total. The summed E-state index contributed by atoms with van der Waals surface area (Å²) < 4.78 is 0. The van der Waals surface area contributed by atoms with Crippen LogP contribution in [-0.4, -0.2) is 38.5 Å². The third-order valence-corrected chi connectivity index (χ3v) is 3.49. The second kappa shape index (κ2) is 7.11. The Labute approximate surface area is 136 Å². The number of nitrogens with zero attached hydrogens (tertiary/aromatic N) is 1. The number of aryl methyl sites for hydroxylation is 1. The first-order valence-electron chi connectivity index (χ1n) is 6.97. The van der Waals surface area contributed by atoms with Crippen molar-refractivity contribution in [2.45, 2.75) is 26.5 Å². The number of aliphatic hydroxyl groups is 1. The Bertz CT molecular complexity index is 769. The molecule has 0 spiro atoms. The van der Waals surface area contributed by atoms with Crippen LogP contribution in [-0.2, 0) is 32.3 Å². The number of carbonyl (C=O) groups is 4. The molecule has 0 bridgehead atoms. The number of ketones is 3. The highest BCUT2D eigenvalue weighted by Gasteiger charge is 2.30. The van der Waals surface area contributed by atoms with Crippen molar-refractivity contribution in [3.8, 4) is 5.75 Å². The molecule has 0 fully saturated rings. The van der Waals surface area contributed by atoms with Crippen LogP contribution in [0.5, 0.6) is 5.75 Å². The molecule has 9 nitrogen and oxygen atoms in total. The molecule has 24 heavy (non-hydrogen) atoms. The normalized spacial score (nSPS) is 14.6. The number of allylic oxidation sites excluding steroid dienone is 1. The summed E-state index contributed by atoms with van der Waals surface area (Å²) in [7, 11) is 0. The number of pyridine rings is 1. The standard InChI is InChI=1S/C15H15N3O6/c1-7-13(22)10(9(6-19)4-16-7)5-17-18-15(24)8-2-11(20)14(23)12(21)3-8/h2,4,17,19,22H,3,5-6H2,1H3,(H,18,24). The van der Waals surface area contributed by atoms with Crippen molar-refractivity contribution in [2.24, 2.45) is 0 Å². The molecule has 126 valence electrons. The average molecular weight is 333 g/mol. The molecule has 0 aliphatic heterocycles. The van der Waals surface area contributed by atoms with E-state index in [4.69, 9.17) is 0 Å². The summed E-state index contributed by atoms with van der Waals surface area (Å²) in [5, 5.41) is 19.2. The Morgan fingerprint density at radius 1 is 1.33 bits per heavy atom. The number of amides is 1. The van der Waals surface area contributed by atoms with Crippen LogP contribution in [0.4, 0.5) is 0 Å². The predicted molar refractivity (Wildman–Crippen MR) is 79.3 cm³/mol. The van der Waals surface area contributed by atoms with Crippen LogP contribution < -0.4 is 10.9 Å². The number of Topliss-reactive ketones (excluding diaryl/α,β-unsaturated/α-hetero) is 2. The van der Waals surface area contributed by atoms with E-state index >= 15 is 0 Å². The largest absolute Gasteiger partial charge is 0.506 e. The number of carbonyl (C=O) groups excluding carboxylic acids is 4. The van der Waals surface area contributed by atoms with Gasteiger partial charge in [0.2, 0.25) is 11.6 Å². The molecule has 0 atom stereocenters. The maximum atomic E-state index is 11.9. The highest BCUT2D eigenvalue weighted by atomic mass is 16.3. The Morgan fingerprint density at radius 3 is 2.67 bits per heavy atom. The van der Waals surface area contributed by atoms with Gasteiger partial charge in [-0.25, -0.2) is 5.43 Å². The van der Waals surface area contributed by atoms with Gasteiger partial charge in [0.15, 0.2) is 0 Å². The zero-order valence-corrected chi connectivity index (χ0v) is 12.8. The number of hydrogen-bond donors (Lipinski definition) is 4. The molecule has 1 aliphatic rings. The number of nitrogens with one attached hydrogen (secondary N) is 2. The molecule has 0 radical (unpaired) electrons. The number of aromatic nitrogens is 1. The zero-order chi connectivity index (χ0) is 17.9. The SMILES string of the molecule is Cc1ncc(CO)c(CNNC(=O)C2=CC(=O)C(=O)C(=O)C2)c1O. The van der Waals surface area contributed by atoms with Gasteiger partial charge < -0.3 is 10.2 Å². The van der Waals surface area contributed by atoms with Crippen molar-refractivity contribution in [3.05, 3.63) is 34.7 Å².